The first-order valence-corrected chi connectivity index (χ1v) is 8.13. The standard InChI is InChI=1S/C18H14BrN3O2/c1-18(14-7-2-3-8-15(14)19)16(23)22(17(24)21-18)11-13-6-4-5-12(9-13)10-20/h2-9H,11H2,1H3,(H,21,24). The van der Waals surface area contributed by atoms with E-state index < -0.39 is 11.6 Å². The molecule has 0 radical (unpaired) electrons. The molecule has 1 aliphatic heterocycles. The summed E-state index contributed by atoms with van der Waals surface area (Å²) >= 11 is 3.44. The molecule has 1 aliphatic rings. The summed E-state index contributed by atoms with van der Waals surface area (Å²) in [6, 6.07) is 15.8. The Morgan fingerprint density at radius 3 is 2.67 bits per heavy atom. The molecule has 0 spiro atoms. The fraction of sp³-hybridized carbons (Fsp3) is 0.167. The van der Waals surface area contributed by atoms with Gasteiger partial charge in [0.2, 0.25) is 0 Å². The van der Waals surface area contributed by atoms with Gasteiger partial charge < -0.3 is 5.32 Å². The summed E-state index contributed by atoms with van der Waals surface area (Å²) in [5, 5.41) is 11.8. The molecule has 120 valence electrons. The van der Waals surface area contributed by atoms with Gasteiger partial charge in [-0.3, -0.25) is 9.69 Å². The first-order chi connectivity index (χ1) is 11.5. The molecule has 1 N–H and O–H groups in total. The molecule has 2 aromatic rings. The summed E-state index contributed by atoms with van der Waals surface area (Å²) in [5.74, 6) is -0.318. The van der Waals surface area contributed by atoms with Crippen molar-refractivity contribution in [2.75, 3.05) is 0 Å². The van der Waals surface area contributed by atoms with Gasteiger partial charge in [-0.15, -0.1) is 0 Å². The summed E-state index contributed by atoms with van der Waals surface area (Å²) in [6.07, 6.45) is 0. The van der Waals surface area contributed by atoms with Crippen LogP contribution in [0.5, 0.6) is 0 Å². The van der Waals surface area contributed by atoms with Gasteiger partial charge >= 0.3 is 6.03 Å². The summed E-state index contributed by atoms with van der Waals surface area (Å²) < 4.78 is 0.759. The Bertz CT molecular complexity index is 875. The quantitative estimate of drug-likeness (QED) is 0.826. The minimum atomic E-state index is -1.12. The van der Waals surface area contributed by atoms with Crippen LogP contribution in [0, 0.1) is 11.3 Å². The molecule has 0 aliphatic carbocycles. The van der Waals surface area contributed by atoms with Crippen molar-refractivity contribution in [3.63, 3.8) is 0 Å². The molecule has 0 bridgehead atoms. The van der Waals surface area contributed by atoms with Crippen molar-refractivity contribution in [1.82, 2.24) is 10.2 Å². The summed E-state index contributed by atoms with van der Waals surface area (Å²) in [5.41, 5.74) is 0.808. The molecule has 0 saturated carbocycles. The zero-order valence-electron chi connectivity index (χ0n) is 12.9. The maximum atomic E-state index is 12.9. The Kier molecular flexibility index (Phi) is 4.12. The van der Waals surface area contributed by atoms with Crippen molar-refractivity contribution in [1.29, 1.82) is 5.26 Å². The lowest BCUT2D eigenvalue weighted by atomic mass is 9.92. The molecule has 6 heteroatoms. The van der Waals surface area contributed by atoms with Crippen LogP contribution in [-0.2, 0) is 16.9 Å². The second-order valence-corrected chi connectivity index (χ2v) is 6.59. The van der Waals surface area contributed by atoms with Crippen molar-refractivity contribution >= 4 is 27.9 Å². The van der Waals surface area contributed by atoms with Crippen molar-refractivity contribution in [2.24, 2.45) is 0 Å². The van der Waals surface area contributed by atoms with E-state index in [1.165, 1.54) is 4.90 Å². The van der Waals surface area contributed by atoms with E-state index in [-0.39, 0.29) is 12.5 Å². The van der Waals surface area contributed by atoms with E-state index in [2.05, 4.69) is 27.3 Å². The minimum Gasteiger partial charge on any atom is -0.319 e. The summed E-state index contributed by atoms with van der Waals surface area (Å²) in [7, 11) is 0. The SMILES string of the molecule is CC1(c2ccccc2Br)NC(=O)N(Cc2cccc(C#N)c2)C1=O. The molecule has 5 nitrogen and oxygen atoms in total. The van der Waals surface area contributed by atoms with Crippen LogP contribution in [0.3, 0.4) is 0 Å². The Morgan fingerprint density at radius 2 is 1.96 bits per heavy atom. The summed E-state index contributed by atoms with van der Waals surface area (Å²) in [6.45, 7) is 1.82. The average Bonchev–Trinajstić information content (AvgIpc) is 2.79. The first-order valence-electron chi connectivity index (χ1n) is 7.34. The van der Waals surface area contributed by atoms with Crippen LogP contribution in [0.15, 0.2) is 53.0 Å². The van der Waals surface area contributed by atoms with E-state index >= 15 is 0 Å². The number of hydrogen-bond acceptors (Lipinski definition) is 3. The average molecular weight is 384 g/mol. The smallest absolute Gasteiger partial charge is 0.319 e. The largest absolute Gasteiger partial charge is 0.325 e. The number of benzene rings is 2. The highest BCUT2D eigenvalue weighted by Crippen LogP contribution is 2.34. The first kappa shape index (κ1) is 16.2. The Morgan fingerprint density at radius 1 is 1.21 bits per heavy atom. The van der Waals surface area contributed by atoms with Gasteiger partial charge in [0.1, 0.15) is 5.54 Å². The molecule has 1 heterocycles. The number of carbonyl (C=O) groups is 2. The van der Waals surface area contributed by atoms with Crippen molar-refractivity contribution in [3.05, 3.63) is 69.7 Å². The molecule has 1 atom stereocenters. The molecule has 1 unspecified atom stereocenters. The second kappa shape index (κ2) is 6.10. The van der Waals surface area contributed by atoms with E-state index in [9.17, 15) is 9.59 Å². The van der Waals surface area contributed by atoms with E-state index in [1.54, 1.807) is 31.2 Å². The highest BCUT2D eigenvalue weighted by Gasteiger charge is 2.49. The van der Waals surface area contributed by atoms with Crippen molar-refractivity contribution in [2.45, 2.75) is 19.0 Å². The van der Waals surface area contributed by atoms with Crippen LogP contribution in [0.4, 0.5) is 4.79 Å². The zero-order valence-corrected chi connectivity index (χ0v) is 14.5. The predicted molar refractivity (Wildman–Crippen MR) is 91.7 cm³/mol. The lowest BCUT2D eigenvalue weighted by Crippen LogP contribution is -2.41. The number of imide groups is 1. The lowest BCUT2D eigenvalue weighted by molar-refractivity contribution is -0.131. The molecule has 1 fully saturated rings. The third kappa shape index (κ3) is 2.68. The van der Waals surface area contributed by atoms with Gasteiger partial charge in [0.15, 0.2) is 0 Å². The van der Waals surface area contributed by atoms with E-state index in [1.807, 2.05) is 24.3 Å². The molecule has 3 rings (SSSR count). The van der Waals surface area contributed by atoms with Crippen LogP contribution < -0.4 is 5.32 Å². The molecule has 0 aromatic heterocycles. The fourth-order valence-electron chi connectivity index (χ4n) is 2.81. The van der Waals surface area contributed by atoms with Gasteiger partial charge in [0.05, 0.1) is 18.2 Å². The van der Waals surface area contributed by atoms with E-state index in [0.29, 0.717) is 11.1 Å². The molecular formula is C18H14BrN3O2. The normalized spacial score (nSPS) is 20.0. The minimum absolute atomic E-state index is 0.125. The van der Waals surface area contributed by atoms with Crippen molar-refractivity contribution < 1.29 is 9.59 Å². The number of nitrogens with zero attached hydrogens (tertiary/aromatic N) is 2. The van der Waals surface area contributed by atoms with E-state index in [0.717, 1.165) is 10.0 Å². The fourth-order valence-corrected chi connectivity index (χ4v) is 3.49. The predicted octanol–water partition coefficient (Wildman–Crippen LogP) is 3.29. The van der Waals surface area contributed by atoms with Crippen molar-refractivity contribution in [3.8, 4) is 6.07 Å². The third-order valence-electron chi connectivity index (χ3n) is 4.08. The topological polar surface area (TPSA) is 73.2 Å². The van der Waals surface area contributed by atoms with Gasteiger partial charge in [-0.25, -0.2) is 4.79 Å². The van der Waals surface area contributed by atoms with E-state index in [4.69, 9.17) is 5.26 Å². The highest BCUT2D eigenvalue weighted by molar-refractivity contribution is 9.10. The highest BCUT2D eigenvalue weighted by atomic mass is 79.9. The number of amides is 3. The third-order valence-corrected chi connectivity index (χ3v) is 4.78. The van der Waals surface area contributed by atoms with Gasteiger partial charge in [-0.05, 0) is 30.7 Å². The lowest BCUT2D eigenvalue weighted by Gasteiger charge is -2.23. The molecular weight excluding hydrogens is 370 g/mol. The van der Waals surface area contributed by atoms with Crippen LogP contribution in [0.1, 0.15) is 23.6 Å². The Hall–Kier alpha value is -2.65. The Balaban J connectivity index is 1.92. The summed E-state index contributed by atoms with van der Waals surface area (Å²) in [4.78, 5) is 26.4. The van der Waals surface area contributed by atoms with Crippen LogP contribution >= 0.6 is 15.9 Å². The number of rotatable bonds is 3. The van der Waals surface area contributed by atoms with Gasteiger partial charge in [-0.1, -0.05) is 46.3 Å². The zero-order chi connectivity index (χ0) is 17.3. The monoisotopic (exact) mass is 383 g/mol. The van der Waals surface area contributed by atoms with Crippen LogP contribution in [0.2, 0.25) is 0 Å². The number of halogens is 1. The maximum Gasteiger partial charge on any atom is 0.325 e. The van der Waals surface area contributed by atoms with Gasteiger partial charge in [0.25, 0.3) is 5.91 Å². The molecule has 1 saturated heterocycles. The maximum absolute atomic E-state index is 12.9. The van der Waals surface area contributed by atoms with Crippen LogP contribution in [-0.4, -0.2) is 16.8 Å². The molecule has 2 aromatic carbocycles. The van der Waals surface area contributed by atoms with Gasteiger partial charge in [0, 0.05) is 10.0 Å². The number of nitriles is 1. The Labute approximate surface area is 148 Å². The number of nitrogens with one attached hydrogen (secondary N) is 1. The second-order valence-electron chi connectivity index (χ2n) is 5.74. The van der Waals surface area contributed by atoms with Crippen LogP contribution in [0.25, 0.3) is 0 Å². The number of hydrogen-bond donors (Lipinski definition) is 1. The number of urea groups is 1. The molecule has 3 amide bonds. The number of carbonyl (C=O) groups excluding carboxylic acids is 2. The van der Waals surface area contributed by atoms with Gasteiger partial charge in [-0.2, -0.15) is 5.26 Å². The molecule has 24 heavy (non-hydrogen) atoms.